The molecule has 0 fully saturated rings. The minimum Gasteiger partial charge on any atom is -0.480 e. The maximum Gasteiger partial charge on any atom is 0.327 e. The number of hydrogen-bond donors (Lipinski definition) is 2. The Bertz CT molecular complexity index is 122. The molecule has 0 aromatic heterocycles. The van der Waals surface area contributed by atoms with Crippen molar-refractivity contribution in [2.24, 2.45) is 5.73 Å². The first-order valence-corrected chi connectivity index (χ1v) is 2.16. The van der Waals surface area contributed by atoms with Gasteiger partial charge in [0, 0.05) is 0 Å². The van der Waals surface area contributed by atoms with E-state index in [1.165, 1.54) is 13.0 Å². The lowest BCUT2D eigenvalue weighted by Crippen LogP contribution is -2.42. The lowest BCUT2D eigenvalue weighted by Gasteiger charge is -2.11. The molecule has 0 aliphatic carbocycles. The van der Waals surface area contributed by atoms with E-state index >= 15 is 0 Å². The largest absolute Gasteiger partial charge is 0.480 e. The maximum atomic E-state index is 10.1. The van der Waals surface area contributed by atoms with E-state index in [0.717, 1.165) is 0 Å². The fraction of sp³-hybridized carbons (Fsp3) is 0.400. The maximum absolute atomic E-state index is 10.1. The topological polar surface area (TPSA) is 63.3 Å². The zero-order chi connectivity index (χ0) is 6.78. The molecular formula is C5H10ClNO2. The van der Waals surface area contributed by atoms with Gasteiger partial charge < -0.3 is 10.8 Å². The Balaban J connectivity index is 0. The second-order valence-corrected chi connectivity index (χ2v) is 1.79. The molecule has 0 heterocycles. The standard InChI is InChI=1S/C5H9NO2.ClH/c1-3-5(2,6)4(7)8;/h3H,1,6H2,2H3,(H,7,8);1H. The van der Waals surface area contributed by atoms with Crippen molar-refractivity contribution in [1.29, 1.82) is 0 Å². The van der Waals surface area contributed by atoms with Gasteiger partial charge in [-0.25, -0.2) is 4.79 Å². The van der Waals surface area contributed by atoms with E-state index in [9.17, 15) is 4.79 Å². The third-order valence-corrected chi connectivity index (χ3v) is 0.885. The molecule has 0 saturated heterocycles. The molecule has 0 rings (SSSR count). The molecule has 9 heavy (non-hydrogen) atoms. The Kier molecular flexibility index (Phi) is 4.36. The van der Waals surface area contributed by atoms with E-state index in [4.69, 9.17) is 10.8 Å². The first kappa shape index (κ1) is 11.3. The molecule has 1 unspecified atom stereocenters. The van der Waals surface area contributed by atoms with E-state index < -0.39 is 11.5 Å². The highest BCUT2D eigenvalue weighted by Crippen LogP contribution is 1.97. The fourth-order valence-electron chi connectivity index (χ4n) is 0.0873. The lowest BCUT2D eigenvalue weighted by molar-refractivity contribution is -0.140. The van der Waals surface area contributed by atoms with Gasteiger partial charge in [-0.2, -0.15) is 0 Å². The summed E-state index contributed by atoms with van der Waals surface area (Å²) in [4.78, 5) is 10.1. The van der Waals surface area contributed by atoms with Crippen LogP contribution in [0.15, 0.2) is 12.7 Å². The van der Waals surface area contributed by atoms with Crippen LogP contribution in [-0.4, -0.2) is 16.6 Å². The lowest BCUT2D eigenvalue weighted by atomic mass is 10.1. The minimum atomic E-state index is -1.28. The molecule has 0 saturated carbocycles. The van der Waals surface area contributed by atoms with Crippen LogP contribution in [0.4, 0.5) is 0 Å². The van der Waals surface area contributed by atoms with Gasteiger partial charge in [0.1, 0.15) is 5.54 Å². The monoisotopic (exact) mass is 151 g/mol. The third-order valence-electron chi connectivity index (χ3n) is 0.885. The van der Waals surface area contributed by atoms with Gasteiger partial charge in [-0.1, -0.05) is 6.08 Å². The van der Waals surface area contributed by atoms with E-state index in [2.05, 4.69) is 6.58 Å². The Hall–Kier alpha value is -0.540. The molecule has 0 amide bonds. The second kappa shape index (κ2) is 3.48. The van der Waals surface area contributed by atoms with Crippen molar-refractivity contribution in [2.45, 2.75) is 12.5 Å². The summed E-state index contributed by atoms with van der Waals surface area (Å²) < 4.78 is 0. The zero-order valence-electron chi connectivity index (χ0n) is 5.13. The van der Waals surface area contributed by atoms with Crippen LogP contribution in [0.3, 0.4) is 0 Å². The highest BCUT2D eigenvalue weighted by atomic mass is 35.5. The average molecular weight is 152 g/mol. The van der Waals surface area contributed by atoms with Crippen LogP contribution >= 0.6 is 12.4 Å². The van der Waals surface area contributed by atoms with Gasteiger partial charge in [0.2, 0.25) is 0 Å². The Morgan fingerprint density at radius 3 is 2.22 bits per heavy atom. The highest BCUT2D eigenvalue weighted by molar-refractivity contribution is 5.85. The number of rotatable bonds is 2. The van der Waals surface area contributed by atoms with Crippen LogP contribution < -0.4 is 5.73 Å². The SMILES string of the molecule is C=CC(C)(N)C(=O)O.Cl. The van der Waals surface area contributed by atoms with Crippen LogP contribution in [0, 0.1) is 0 Å². The summed E-state index contributed by atoms with van der Waals surface area (Å²) in [7, 11) is 0. The number of aliphatic carboxylic acids is 1. The summed E-state index contributed by atoms with van der Waals surface area (Å²) in [6.45, 7) is 4.63. The van der Waals surface area contributed by atoms with Crippen molar-refractivity contribution in [1.82, 2.24) is 0 Å². The Morgan fingerprint density at radius 1 is 1.89 bits per heavy atom. The normalized spacial score (nSPS) is 14.9. The van der Waals surface area contributed by atoms with Crippen LogP contribution in [0.2, 0.25) is 0 Å². The number of hydrogen-bond acceptors (Lipinski definition) is 2. The second-order valence-electron chi connectivity index (χ2n) is 1.79. The number of halogens is 1. The summed E-state index contributed by atoms with van der Waals surface area (Å²) >= 11 is 0. The quantitative estimate of drug-likeness (QED) is 0.562. The van der Waals surface area contributed by atoms with E-state index in [0.29, 0.717) is 0 Å². The molecule has 0 aliphatic rings. The van der Waals surface area contributed by atoms with Crippen molar-refractivity contribution in [3.63, 3.8) is 0 Å². The van der Waals surface area contributed by atoms with Gasteiger partial charge in [-0.05, 0) is 6.92 Å². The van der Waals surface area contributed by atoms with Crippen LogP contribution in [0.25, 0.3) is 0 Å². The number of carboxylic acid groups (broad SMARTS) is 1. The number of carboxylic acids is 1. The fourth-order valence-corrected chi connectivity index (χ4v) is 0.0873. The van der Waals surface area contributed by atoms with Crippen molar-refractivity contribution < 1.29 is 9.90 Å². The molecule has 1 atom stereocenters. The van der Waals surface area contributed by atoms with Crippen LogP contribution in [0.5, 0.6) is 0 Å². The summed E-state index contributed by atoms with van der Waals surface area (Å²) in [5, 5.41) is 8.24. The van der Waals surface area contributed by atoms with E-state index in [1.807, 2.05) is 0 Å². The first-order chi connectivity index (χ1) is 3.50. The zero-order valence-corrected chi connectivity index (χ0v) is 5.94. The Labute approximate surface area is 60.0 Å². The molecule has 0 bridgehead atoms. The molecule has 54 valence electrons. The molecule has 0 spiro atoms. The van der Waals surface area contributed by atoms with Gasteiger partial charge >= 0.3 is 5.97 Å². The van der Waals surface area contributed by atoms with E-state index in [-0.39, 0.29) is 12.4 Å². The highest BCUT2D eigenvalue weighted by Gasteiger charge is 2.22. The van der Waals surface area contributed by atoms with Gasteiger partial charge in [-0.15, -0.1) is 19.0 Å². The molecule has 3 N–H and O–H groups in total. The van der Waals surface area contributed by atoms with Gasteiger partial charge in [0.15, 0.2) is 0 Å². The molecule has 0 aromatic rings. The van der Waals surface area contributed by atoms with Crippen molar-refractivity contribution in [3.8, 4) is 0 Å². The minimum absolute atomic E-state index is 0. The molecule has 0 aromatic carbocycles. The summed E-state index contributed by atoms with van der Waals surface area (Å²) in [5.74, 6) is -1.06. The molecule has 3 nitrogen and oxygen atoms in total. The average Bonchev–Trinajstić information content (AvgIpc) is 1.67. The number of carbonyl (C=O) groups is 1. The first-order valence-electron chi connectivity index (χ1n) is 2.16. The van der Waals surface area contributed by atoms with Crippen molar-refractivity contribution >= 4 is 18.4 Å². The molecular weight excluding hydrogens is 142 g/mol. The van der Waals surface area contributed by atoms with Gasteiger partial charge in [0.05, 0.1) is 0 Å². The smallest absolute Gasteiger partial charge is 0.327 e. The summed E-state index contributed by atoms with van der Waals surface area (Å²) in [5.41, 5.74) is 3.86. The van der Waals surface area contributed by atoms with Crippen LogP contribution in [0.1, 0.15) is 6.92 Å². The molecule has 4 heteroatoms. The van der Waals surface area contributed by atoms with Gasteiger partial charge in [0.25, 0.3) is 0 Å². The van der Waals surface area contributed by atoms with Crippen LogP contribution in [-0.2, 0) is 4.79 Å². The predicted molar refractivity (Wildman–Crippen MR) is 37.7 cm³/mol. The third kappa shape index (κ3) is 3.11. The summed E-state index contributed by atoms with van der Waals surface area (Å²) in [6, 6.07) is 0. The molecule has 0 radical (unpaired) electrons. The Morgan fingerprint density at radius 2 is 2.22 bits per heavy atom. The molecule has 0 aliphatic heterocycles. The van der Waals surface area contributed by atoms with Crippen molar-refractivity contribution in [2.75, 3.05) is 0 Å². The summed E-state index contributed by atoms with van der Waals surface area (Å²) in [6.07, 6.45) is 1.19. The van der Waals surface area contributed by atoms with E-state index in [1.54, 1.807) is 0 Å². The van der Waals surface area contributed by atoms with Gasteiger partial charge in [-0.3, -0.25) is 0 Å². The van der Waals surface area contributed by atoms with Crippen molar-refractivity contribution in [3.05, 3.63) is 12.7 Å². The number of nitrogens with two attached hydrogens (primary N) is 1. The predicted octanol–water partition coefficient (Wildman–Crippen LogP) is 0.396.